The number of carbonyl (C=O) groups is 1. The molecule has 0 aromatic heterocycles. The normalized spacial score (nSPS) is 23.6. The molecule has 0 saturated carbocycles. The number of amides is 1. The van der Waals surface area contributed by atoms with Crippen molar-refractivity contribution in [2.75, 3.05) is 27.5 Å². The number of likely N-dealkylation sites (tertiary alicyclic amines) is 1. The van der Waals surface area contributed by atoms with E-state index in [-0.39, 0.29) is 24.8 Å². The number of ether oxygens (including phenoxy) is 3. The maximum Gasteiger partial charge on any atom is 0.237 e. The zero-order chi connectivity index (χ0) is 15.7. The zero-order valence-corrected chi connectivity index (χ0v) is 12.8. The van der Waals surface area contributed by atoms with Crippen LogP contribution in [0.15, 0.2) is 12.1 Å². The first-order valence-corrected chi connectivity index (χ1v) is 7.30. The van der Waals surface area contributed by atoms with Crippen LogP contribution in [0.2, 0.25) is 0 Å². The zero-order valence-electron chi connectivity index (χ0n) is 12.8. The maximum absolute atomic E-state index is 12.0. The molecular weight excluding hydrogens is 286 g/mol. The largest absolute Gasteiger partial charge is 0.496 e. The molecule has 2 aliphatic heterocycles. The molecule has 1 fully saturated rings. The molecule has 7 nitrogen and oxygen atoms in total. The van der Waals surface area contributed by atoms with E-state index in [0.29, 0.717) is 31.0 Å². The van der Waals surface area contributed by atoms with Crippen molar-refractivity contribution in [1.82, 2.24) is 10.2 Å². The van der Waals surface area contributed by atoms with E-state index < -0.39 is 0 Å². The van der Waals surface area contributed by atoms with Crippen LogP contribution in [-0.2, 0) is 11.3 Å². The Balaban J connectivity index is 1.84. The second kappa shape index (κ2) is 6.02. The molecule has 0 radical (unpaired) electrons. The first-order valence-electron chi connectivity index (χ1n) is 7.30. The minimum Gasteiger partial charge on any atom is -0.496 e. The van der Waals surface area contributed by atoms with Gasteiger partial charge in [-0.2, -0.15) is 0 Å². The van der Waals surface area contributed by atoms with Crippen LogP contribution < -0.4 is 25.3 Å². The molecule has 2 aliphatic rings. The number of methoxy groups -OCH3 is 1. The average molecular weight is 307 g/mol. The van der Waals surface area contributed by atoms with Crippen molar-refractivity contribution >= 4 is 5.91 Å². The highest BCUT2D eigenvalue weighted by Crippen LogP contribution is 2.39. The van der Waals surface area contributed by atoms with E-state index in [1.54, 1.807) is 14.2 Å². The summed E-state index contributed by atoms with van der Waals surface area (Å²) >= 11 is 0. The van der Waals surface area contributed by atoms with Gasteiger partial charge in [-0.3, -0.25) is 9.69 Å². The summed E-state index contributed by atoms with van der Waals surface area (Å²) in [5.74, 6) is 2.10. The van der Waals surface area contributed by atoms with Crippen LogP contribution in [0.4, 0.5) is 0 Å². The summed E-state index contributed by atoms with van der Waals surface area (Å²) in [6.07, 6.45) is 0.659. The number of benzene rings is 1. The third kappa shape index (κ3) is 2.69. The van der Waals surface area contributed by atoms with Crippen molar-refractivity contribution in [3.05, 3.63) is 17.7 Å². The summed E-state index contributed by atoms with van der Waals surface area (Å²) in [5.41, 5.74) is 6.98. The van der Waals surface area contributed by atoms with Crippen LogP contribution in [0.25, 0.3) is 0 Å². The van der Waals surface area contributed by atoms with Gasteiger partial charge >= 0.3 is 0 Å². The van der Waals surface area contributed by atoms with Crippen molar-refractivity contribution in [2.45, 2.75) is 25.0 Å². The molecule has 1 amide bonds. The van der Waals surface area contributed by atoms with E-state index in [2.05, 4.69) is 10.2 Å². The highest BCUT2D eigenvalue weighted by Gasteiger charge is 2.35. The summed E-state index contributed by atoms with van der Waals surface area (Å²) < 4.78 is 16.2. The lowest BCUT2D eigenvalue weighted by Crippen LogP contribution is -2.41. The van der Waals surface area contributed by atoms with Crippen molar-refractivity contribution < 1.29 is 19.0 Å². The van der Waals surface area contributed by atoms with E-state index in [1.165, 1.54) is 0 Å². The molecule has 2 atom stereocenters. The Bertz CT molecular complexity index is 578. The fraction of sp³-hybridized carbons (Fsp3) is 0.533. The molecule has 1 saturated heterocycles. The van der Waals surface area contributed by atoms with Crippen molar-refractivity contribution in [3.8, 4) is 17.2 Å². The lowest BCUT2D eigenvalue weighted by Gasteiger charge is -2.24. The molecule has 7 heteroatoms. The molecule has 1 aromatic rings. The Morgan fingerprint density at radius 2 is 2.18 bits per heavy atom. The van der Waals surface area contributed by atoms with Crippen LogP contribution in [0.3, 0.4) is 0 Å². The summed E-state index contributed by atoms with van der Waals surface area (Å²) in [7, 11) is 3.26. The highest BCUT2D eigenvalue weighted by atomic mass is 16.7. The number of fused-ring (bicyclic) bond motifs is 1. The van der Waals surface area contributed by atoms with E-state index in [0.717, 1.165) is 11.3 Å². The van der Waals surface area contributed by atoms with Crippen molar-refractivity contribution in [3.63, 3.8) is 0 Å². The number of nitrogens with one attached hydrogen (secondary N) is 1. The number of hydrogen-bond donors (Lipinski definition) is 2. The Hall–Kier alpha value is -1.99. The van der Waals surface area contributed by atoms with Gasteiger partial charge in [0.2, 0.25) is 12.7 Å². The summed E-state index contributed by atoms with van der Waals surface area (Å²) in [6, 6.07) is 3.52. The van der Waals surface area contributed by atoms with Gasteiger partial charge in [0.15, 0.2) is 11.5 Å². The fourth-order valence-electron chi connectivity index (χ4n) is 3.05. The summed E-state index contributed by atoms with van der Waals surface area (Å²) in [5, 5.41) is 2.70. The minimum atomic E-state index is -0.213. The smallest absolute Gasteiger partial charge is 0.237 e. The Labute approximate surface area is 129 Å². The van der Waals surface area contributed by atoms with Crippen LogP contribution in [-0.4, -0.2) is 50.4 Å². The summed E-state index contributed by atoms with van der Waals surface area (Å²) in [6.45, 7) is 1.47. The van der Waals surface area contributed by atoms with Gasteiger partial charge in [-0.25, -0.2) is 0 Å². The molecule has 1 aromatic carbocycles. The topological polar surface area (TPSA) is 86.1 Å². The SMILES string of the molecule is CNC(=O)[C@@H]1C[C@H](N)CN1Cc1cc2c(cc1OC)OCO2. The van der Waals surface area contributed by atoms with E-state index in [1.807, 2.05) is 12.1 Å². The van der Waals surface area contributed by atoms with Gasteiger partial charge in [-0.05, 0) is 12.5 Å². The molecular formula is C15H21N3O4. The second-order valence-electron chi connectivity index (χ2n) is 5.57. The van der Waals surface area contributed by atoms with Crippen molar-refractivity contribution in [1.29, 1.82) is 0 Å². The van der Waals surface area contributed by atoms with Gasteiger partial charge in [0, 0.05) is 37.8 Å². The number of hydrogen-bond acceptors (Lipinski definition) is 6. The Morgan fingerprint density at radius 3 is 2.86 bits per heavy atom. The predicted molar refractivity (Wildman–Crippen MR) is 80.0 cm³/mol. The quantitative estimate of drug-likeness (QED) is 0.819. The van der Waals surface area contributed by atoms with Crippen LogP contribution in [0.5, 0.6) is 17.2 Å². The number of nitrogens with two attached hydrogens (primary N) is 1. The van der Waals surface area contributed by atoms with Crippen LogP contribution >= 0.6 is 0 Å². The monoisotopic (exact) mass is 307 g/mol. The lowest BCUT2D eigenvalue weighted by molar-refractivity contribution is -0.125. The van der Waals surface area contributed by atoms with Gasteiger partial charge in [0.1, 0.15) is 5.75 Å². The number of nitrogens with zero attached hydrogens (tertiary/aromatic N) is 1. The van der Waals surface area contributed by atoms with Gasteiger partial charge in [-0.15, -0.1) is 0 Å². The maximum atomic E-state index is 12.0. The third-order valence-corrected chi connectivity index (χ3v) is 4.13. The van der Waals surface area contributed by atoms with E-state index >= 15 is 0 Å². The highest BCUT2D eigenvalue weighted by molar-refractivity contribution is 5.81. The molecule has 3 rings (SSSR count). The van der Waals surface area contributed by atoms with Crippen LogP contribution in [0.1, 0.15) is 12.0 Å². The third-order valence-electron chi connectivity index (χ3n) is 4.13. The number of likely N-dealkylation sites (N-methyl/N-ethyl adjacent to an activating group) is 1. The molecule has 0 spiro atoms. The van der Waals surface area contributed by atoms with E-state index in [4.69, 9.17) is 19.9 Å². The molecule has 0 aliphatic carbocycles. The van der Waals surface area contributed by atoms with Gasteiger partial charge < -0.3 is 25.3 Å². The first kappa shape index (κ1) is 14.9. The van der Waals surface area contributed by atoms with E-state index in [9.17, 15) is 4.79 Å². The predicted octanol–water partition coefficient (Wildman–Crippen LogP) is 0.0715. The lowest BCUT2D eigenvalue weighted by atomic mass is 10.1. The van der Waals surface area contributed by atoms with Gasteiger partial charge in [-0.1, -0.05) is 0 Å². The first-order chi connectivity index (χ1) is 10.6. The summed E-state index contributed by atoms with van der Waals surface area (Å²) in [4.78, 5) is 14.1. The van der Waals surface area contributed by atoms with Crippen molar-refractivity contribution in [2.24, 2.45) is 5.73 Å². The standard InChI is InChI=1S/C15H21N3O4/c1-17-15(19)11-4-10(16)7-18(11)6-9-3-13-14(22-8-21-13)5-12(9)20-2/h3,5,10-11H,4,6-8,16H2,1-2H3,(H,17,19)/t10-,11-/m0/s1. The van der Waals surface area contributed by atoms with Gasteiger partial charge in [0.25, 0.3) is 0 Å². The van der Waals surface area contributed by atoms with Crippen LogP contribution in [0, 0.1) is 0 Å². The minimum absolute atomic E-state index is 0.00213. The average Bonchev–Trinajstić information content (AvgIpc) is 3.11. The molecule has 0 bridgehead atoms. The fourth-order valence-corrected chi connectivity index (χ4v) is 3.05. The molecule has 0 unspecified atom stereocenters. The Morgan fingerprint density at radius 1 is 1.45 bits per heavy atom. The second-order valence-corrected chi connectivity index (χ2v) is 5.57. The number of carbonyl (C=O) groups excluding carboxylic acids is 1. The molecule has 120 valence electrons. The molecule has 2 heterocycles. The number of rotatable bonds is 4. The molecule has 22 heavy (non-hydrogen) atoms. The van der Waals surface area contributed by atoms with Gasteiger partial charge in [0.05, 0.1) is 13.2 Å². The Kier molecular flexibility index (Phi) is 4.08. The molecule has 3 N–H and O–H groups in total.